The van der Waals surface area contributed by atoms with Crippen molar-refractivity contribution < 1.29 is 10.2 Å². The molecule has 0 aliphatic heterocycles. The van der Waals surface area contributed by atoms with Gasteiger partial charge in [-0.05, 0) is 56.8 Å². The summed E-state index contributed by atoms with van der Waals surface area (Å²) in [6.45, 7) is 16.2. The van der Waals surface area contributed by atoms with Crippen molar-refractivity contribution in [3.05, 3.63) is 24.8 Å². The third kappa shape index (κ3) is 2.70. The molecular weight excluding hydrogens is 224 g/mol. The molecule has 0 spiro atoms. The molecule has 1 unspecified atom stereocenters. The first-order valence-corrected chi connectivity index (χ1v) is 6.79. The van der Waals surface area contributed by atoms with Gasteiger partial charge in [-0.2, -0.15) is 0 Å². The molecule has 2 N–H and O–H groups in total. The van der Waals surface area contributed by atoms with E-state index in [9.17, 15) is 10.2 Å². The van der Waals surface area contributed by atoms with Crippen LogP contribution in [0.3, 0.4) is 0 Å². The highest BCUT2D eigenvalue weighted by Gasteiger charge is 2.50. The van der Waals surface area contributed by atoms with E-state index in [0.29, 0.717) is 0 Å². The van der Waals surface area contributed by atoms with Crippen molar-refractivity contribution in [1.82, 2.24) is 0 Å². The summed E-state index contributed by atoms with van der Waals surface area (Å²) in [5, 5.41) is 19.9. The molecule has 18 heavy (non-hydrogen) atoms. The van der Waals surface area contributed by atoms with Crippen molar-refractivity contribution >= 4 is 0 Å². The number of aliphatic hydroxyl groups excluding tert-OH is 1. The van der Waals surface area contributed by atoms with E-state index in [1.54, 1.807) is 0 Å². The Bertz CT molecular complexity index is 326. The summed E-state index contributed by atoms with van der Waals surface area (Å²) in [4.78, 5) is 0. The second-order valence-corrected chi connectivity index (χ2v) is 6.70. The number of aliphatic hydroxyl groups is 2. The Morgan fingerprint density at radius 3 is 2.33 bits per heavy atom. The molecule has 1 aliphatic carbocycles. The lowest BCUT2D eigenvalue weighted by molar-refractivity contribution is -0.0825. The maximum atomic E-state index is 10.5. The largest absolute Gasteiger partial charge is 0.396 e. The lowest BCUT2D eigenvalue weighted by Gasteiger charge is -2.53. The average Bonchev–Trinajstić information content (AvgIpc) is 2.27. The van der Waals surface area contributed by atoms with E-state index in [4.69, 9.17) is 0 Å². The molecule has 0 heterocycles. The van der Waals surface area contributed by atoms with E-state index < -0.39 is 5.60 Å². The van der Waals surface area contributed by atoms with Gasteiger partial charge in [0.25, 0.3) is 0 Å². The standard InChI is InChI=1S/C16H28O2/c1-7-16(6)13(11(2)3)8-12(10-17)9-14(16)15(4,5)18/h7,12-14,17-18H,1-2,8-10H2,3-6H3/t12-,13?,14+,16-/m1/s1. The van der Waals surface area contributed by atoms with Crippen LogP contribution < -0.4 is 0 Å². The molecular formula is C16H28O2. The lowest BCUT2D eigenvalue weighted by atomic mass is 9.53. The van der Waals surface area contributed by atoms with Crippen LogP contribution in [0.25, 0.3) is 0 Å². The maximum absolute atomic E-state index is 10.5. The highest BCUT2D eigenvalue weighted by Crippen LogP contribution is 2.54. The summed E-state index contributed by atoms with van der Waals surface area (Å²) in [5.41, 5.74) is 0.185. The van der Waals surface area contributed by atoms with Crippen molar-refractivity contribution in [2.24, 2.45) is 23.2 Å². The van der Waals surface area contributed by atoms with Gasteiger partial charge in [0.1, 0.15) is 0 Å². The fourth-order valence-electron chi connectivity index (χ4n) is 3.73. The molecule has 4 atom stereocenters. The predicted octanol–water partition coefficient (Wildman–Crippen LogP) is 3.16. The van der Waals surface area contributed by atoms with Crippen LogP contribution in [0, 0.1) is 23.2 Å². The van der Waals surface area contributed by atoms with Gasteiger partial charge >= 0.3 is 0 Å². The molecule has 0 radical (unpaired) electrons. The number of rotatable bonds is 4. The van der Waals surface area contributed by atoms with Crippen LogP contribution in [0.4, 0.5) is 0 Å². The minimum Gasteiger partial charge on any atom is -0.396 e. The topological polar surface area (TPSA) is 40.5 Å². The number of allylic oxidation sites excluding steroid dienone is 2. The molecule has 0 saturated heterocycles. The monoisotopic (exact) mass is 252 g/mol. The van der Waals surface area contributed by atoms with Gasteiger partial charge in [-0.25, -0.2) is 0 Å². The van der Waals surface area contributed by atoms with Crippen LogP contribution in [-0.2, 0) is 0 Å². The first-order chi connectivity index (χ1) is 8.16. The van der Waals surface area contributed by atoms with Crippen molar-refractivity contribution in [2.45, 2.75) is 46.1 Å². The Balaban J connectivity index is 3.20. The van der Waals surface area contributed by atoms with E-state index in [1.165, 1.54) is 0 Å². The Morgan fingerprint density at radius 1 is 1.44 bits per heavy atom. The molecule has 104 valence electrons. The summed E-state index contributed by atoms with van der Waals surface area (Å²) < 4.78 is 0. The van der Waals surface area contributed by atoms with Crippen molar-refractivity contribution in [1.29, 1.82) is 0 Å². The summed E-state index contributed by atoms with van der Waals surface area (Å²) >= 11 is 0. The molecule has 1 aliphatic rings. The molecule has 1 fully saturated rings. The molecule has 0 aromatic rings. The summed E-state index contributed by atoms with van der Waals surface area (Å²) in [7, 11) is 0. The first kappa shape index (κ1) is 15.5. The minimum atomic E-state index is -0.773. The predicted molar refractivity (Wildman–Crippen MR) is 76.2 cm³/mol. The zero-order chi connectivity index (χ0) is 14.1. The third-order valence-corrected chi connectivity index (χ3v) is 4.79. The Hall–Kier alpha value is -0.600. The van der Waals surface area contributed by atoms with Crippen LogP contribution in [0.5, 0.6) is 0 Å². The normalized spacial score (nSPS) is 37.3. The Labute approximate surface area is 111 Å². The van der Waals surface area contributed by atoms with Gasteiger partial charge in [0.2, 0.25) is 0 Å². The van der Waals surface area contributed by atoms with Crippen molar-refractivity contribution in [3.8, 4) is 0 Å². The van der Waals surface area contributed by atoms with Gasteiger partial charge in [0, 0.05) is 6.61 Å². The highest BCUT2D eigenvalue weighted by molar-refractivity contribution is 5.16. The molecule has 0 bridgehead atoms. The van der Waals surface area contributed by atoms with E-state index >= 15 is 0 Å². The van der Waals surface area contributed by atoms with E-state index in [1.807, 2.05) is 26.8 Å². The molecule has 2 nitrogen and oxygen atoms in total. The Kier molecular flexibility index (Phi) is 4.45. The lowest BCUT2D eigenvalue weighted by Crippen LogP contribution is -2.50. The van der Waals surface area contributed by atoms with Gasteiger partial charge in [0.15, 0.2) is 0 Å². The number of hydrogen-bond acceptors (Lipinski definition) is 2. The summed E-state index contributed by atoms with van der Waals surface area (Å²) in [6, 6.07) is 0. The van der Waals surface area contributed by atoms with Crippen molar-refractivity contribution in [2.75, 3.05) is 6.61 Å². The molecule has 0 aromatic carbocycles. The van der Waals surface area contributed by atoms with Crippen LogP contribution >= 0.6 is 0 Å². The van der Waals surface area contributed by atoms with Crippen LogP contribution in [0.2, 0.25) is 0 Å². The molecule has 2 heteroatoms. The second kappa shape index (κ2) is 5.18. The van der Waals surface area contributed by atoms with Gasteiger partial charge < -0.3 is 10.2 Å². The first-order valence-electron chi connectivity index (χ1n) is 6.79. The summed E-state index contributed by atoms with van der Waals surface area (Å²) in [6.07, 6.45) is 3.75. The van der Waals surface area contributed by atoms with Crippen molar-refractivity contribution in [3.63, 3.8) is 0 Å². The summed E-state index contributed by atoms with van der Waals surface area (Å²) in [5.74, 6) is 0.614. The van der Waals surface area contributed by atoms with Gasteiger partial charge in [-0.3, -0.25) is 0 Å². The zero-order valence-electron chi connectivity index (χ0n) is 12.2. The van der Waals surface area contributed by atoms with Gasteiger partial charge in [-0.1, -0.05) is 25.2 Å². The average molecular weight is 252 g/mol. The van der Waals surface area contributed by atoms with Crippen LogP contribution in [0.15, 0.2) is 24.8 Å². The fraction of sp³-hybridized carbons (Fsp3) is 0.750. The third-order valence-electron chi connectivity index (χ3n) is 4.79. The van der Waals surface area contributed by atoms with Crippen LogP contribution in [0.1, 0.15) is 40.5 Å². The fourth-order valence-corrected chi connectivity index (χ4v) is 3.73. The van der Waals surface area contributed by atoms with Gasteiger partial charge in [-0.15, -0.1) is 6.58 Å². The van der Waals surface area contributed by atoms with Crippen LogP contribution in [-0.4, -0.2) is 22.4 Å². The zero-order valence-corrected chi connectivity index (χ0v) is 12.2. The molecule has 0 amide bonds. The smallest absolute Gasteiger partial charge is 0.0628 e. The Morgan fingerprint density at radius 2 is 2.00 bits per heavy atom. The maximum Gasteiger partial charge on any atom is 0.0628 e. The second-order valence-electron chi connectivity index (χ2n) is 6.70. The minimum absolute atomic E-state index is 0.0927. The van der Waals surface area contributed by atoms with E-state index in [2.05, 4.69) is 20.1 Å². The molecule has 1 saturated carbocycles. The highest BCUT2D eigenvalue weighted by atomic mass is 16.3. The SMILES string of the molecule is C=C[C@]1(C)C(C(=C)C)C[C@@H](CO)C[C@H]1C(C)(C)O. The van der Waals surface area contributed by atoms with Gasteiger partial charge in [0.05, 0.1) is 5.60 Å². The quantitative estimate of drug-likeness (QED) is 0.755. The van der Waals surface area contributed by atoms with E-state index in [0.717, 1.165) is 18.4 Å². The van der Waals surface area contributed by atoms with E-state index in [-0.39, 0.29) is 29.8 Å². The molecule has 0 aromatic heterocycles. The number of hydrogen-bond donors (Lipinski definition) is 2. The molecule has 1 rings (SSSR count).